The molecule has 4 nitrogen and oxygen atoms in total. The van der Waals surface area contributed by atoms with E-state index in [1.54, 1.807) is 18.6 Å². The molecular formula is C10H16N4. The molecule has 0 atom stereocenters. The van der Waals surface area contributed by atoms with E-state index in [9.17, 15) is 0 Å². The van der Waals surface area contributed by atoms with Gasteiger partial charge in [-0.2, -0.15) is 0 Å². The number of nitrogens with one attached hydrogen (secondary N) is 2. The van der Waals surface area contributed by atoms with Gasteiger partial charge in [-0.1, -0.05) is 0 Å². The Morgan fingerprint density at radius 1 is 1.29 bits per heavy atom. The predicted octanol–water partition coefficient (Wildman–Crippen LogP) is 1.03. The average molecular weight is 192 g/mol. The van der Waals surface area contributed by atoms with Crippen molar-refractivity contribution in [2.75, 3.05) is 18.4 Å². The summed E-state index contributed by atoms with van der Waals surface area (Å²) in [5.74, 6) is 0.860. The lowest BCUT2D eigenvalue weighted by atomic mass is 10.4. The first-order valence-electron chi connectivity index (χ1n) is 5.18. The first kappa shape index (κ1) is 9.40. The van der Waals surface area contributed by atoms with Crippen molar-refractivity contribution in [1.82, 2.24) is 15.3 Å². The van der Waals surface area contributed by atoms with E-state index in [4.69, 9.17) is 0 Å². The summed E-state index contributed by atoms with van der Waals surface area (Å²) >= 11 is 0. The second kappa shape index (κ2) is 4.91. The Bertz CT molecular complexity index is 258. The van der Waals surface area contributed by atoms with Gasteiger partial charge in [-0.25, -0.2) is 4.98 Å². The highest BCUT2D eigenvalue weighted by molar-refractivity contribution is 5.29. The van der Waals surface area contributed by atoms with E-state index in [1.807, 2.05) is 0 Å². The standard InChI is InChI=1S/C10H16N4/c1(4-12-9-2-3-9)5-13-10-8-11-6-7-14-10/h6-9,12H,1-5H2,(H,13,14). The maximum atomic E-state index is 4.13. The van der Waals surface area contributed by atoms with E-state index in [2.05, 4.69) is 20.6 Å². The van der Waals surface area contributed by atoms with Gasteiger partial charge in [-0.05, 0) is 25.8 Å². The van der Waals surface area contributed by atoms with Crippen molar-refractivity contribution >= 4 is 5.82 Å². The van der Waals surface area contributed by atoms with Gasteiger partial charge in [0.2, 0.25) is 0 Å². The van der Waals surface area contributed by atoms with Gasteiger partial charge < -0.3 is 10.6 Å². The average Bonchev–Trinajstić information content (AvgIpc) is 3.03. The molecule has 0 unspecified atom stereocenters. The van der Waals surface area contributed by atoms with Crippen LogP contribution in [0.1, 0.15) is 19.3 Å². The molecule has 0 amide bonds. The smallest absolute Gasteiger partial charge is 0.144 e. The van der Waals surface area contributed by atoms with Crippen molar-refractivity contribution in [1.29, 1.82) is 0 Å². The molecule has 0 radical (unpaired) electrons. The van der Waals surface area contributed by atoms with Gasteiger partial charge in [0.15, 0.2) is 0 Å². The maximum Gasteiger partial charge on any atom is 0.144 e. The first-order chi connectivity index (χ1) is 6.95. The van der Waals surface area contributed by atoms with E-state index in [0.717, 1.165) is 31.4 Å². The van der Waals surface area contributed by atoms with E-state index >= 15 is 0 Å². The zero-order chi connectivity index (χ0) is 9.64. The summed E-state index contributed by atoms with van der Waals surface area (Å²) in [6.45, 7) is 2.05. The van der Waals surface area contributed by atoms with E-state index in [1.165, 1.54) is 12.8 Å². The van der Waals surface area contributed by atoms with Gasteiger partial charge in [-0.15, -0.1) is 0 Å². The molecular weight excluding hydrogens is 176 g/mol. The van der Waals surface area contributed by atoms with E-state index in [0.29, 0.717) is 0 Å². The van der Waals surface area contributed by atoms with Crippen LogP contribution in [0.25, 0.3) is 0 Å². The fourth-order valence-corrected chi connectivity index (χ4v) is 1.29. The highest BCUT2D eigenvalue weighted by Crippen LogP contribution is 2.18. The fraction of sp³-hybridized carbons (Fsp3) is 0.600. The molecule has 0 bridgehead atoms. The van der Waals surface area contributed by atoms with Crippen LogP contribution >= 0.6 is 0 Å². The summed E-state index contributed by atoms with van der Waals surface area (Å²) in [6.07, 6.45) is 8.97. The molecule has 1 saturated carbocycles. The molecule has 1 aliphatic rings. The summed E-state index contributed by atoms with van der Waals surface area (Å²) in [7, 11) is 0. The van der Waals surface area contributed by atoms with Crippen LogP contribution in [0.4, 0.5) is 5.82 Å². The molecule has 1 heterocycles. The minimum atomic E-state index is 0.812. The summed E-state index contributed by atoms with van der Waals surface area (Å²) < 4.78 is 0. The van der Waals surface area contributed by atoms with Crippen molar-refractivity contribution in [2.45, 2.75) is 25.3 Å². The largest absolute Gasteiger partial charge is 0.369 e. The molecule has 14 heavy (non-hydrogen) atoms. The molecule has 0 aromatic carbocycles. The lowest BCUT2D eigenvalue weighted by Gasteiger charge is -2.04. The van der Waals surface area contributed by atoms with Crippen LogP contribution in [0.5, 0.6) is 0 Å². The number of nitrogens with zero attached hydrogens (tertiary/aromatic N) is 2. The van der Waals surface area contributed by atoms with Gasteiger partial charge in [0.1, 0.15) is 5.82 Å². The minimum Gasteiger partial charge on any atom is -0.369 e. The van der Waals surface area contributed by atoms with Crippen molar-refractivity contribution in [3.8, 4) is 0 Å². The number of hydrogen-bond acceptors (Lipinski definition) is 4. The third-order valence-electron chi connectivity index (χ3n) is 2.23. The molecule has 1 fully saturated rings. The van der Waals surface area contributed by atoms with Crippen molar-refractivity contribution in [2.24, 2.45) is 0 Å². The van der Waals surface area contributed by atoms with E-state index < -0.39 is 0 Å². The molecule has 1 aliphatic carbocycles. The van der Waals surface area contributed by atoms with Gasteiger partial charge in [0, 0.05) is 25.0 Å². The zero-order valence-corrected chi connectivity index (χ0v) is 8.24. The summed E-state index contributed by atoms with van der Waals surface area (Å²) in [6, 6.07) is 0.812. The fourth-order valence-electron chi connectivity index (χ4n) is 1.29. The van der Waals surface area contributed by atoms with Crippen LogP contribution in [0.2, 0.25) is 0 Å². The lowest BCUT2D eigenvalue weighted by Crippen LogP contribution is -2.20. The molecule has 1 aromatic heterocycles. The number of aromatic nitrogens is 2. The van der Waals surface area contributed by atoms with Crippen molar-refractivity contribution < 1.29 is 0 Å². The normalized spacial score (nSPS) is 15.4. The molecule has 4 heteroatoms. The van der Waals surface area contributed by atoms with Crippen LogP contribution in [0, 0.1) is 0 Å². The highest BCUT2D eigenvalue weighted by atomic mass is 15.0. The Hall–Kier alpha value is -1.16. The molecule has 0 aliphatic heterocycles. The van der Waals surface area contributed by atoms with Gasteiger partial charge in [0.25, 0.3) is 0 Å². The second-order valence-electron chi connectivity index (χ2n) is 3.60. The summed E-state index contributed by atoms with van der Waals surface area (Å²) in [5.41, 5.74) is 0. The SMILES string of the molecule is c1cnc(NCCCNC2CC2)cn1. The Balaban J connectivity index is 1.54. The van der Waals surface area contributed by atoms with Gasteiger partial charge in [-0.3, -0.25) is 4.98 Å². The van der Waals surface area contributed by atoms with Crippen molar-refractivity contribution in [3.63, 3.8) is 0 Å². The minimum absolute atomic E-state index is 0.812. The second-order valence-corrected chi connectivity index (χ2v) is 3.60. The zero-order valence-electron chi connectivity index (χ0n) is 8.24. The first-order valence-corrected chi connectivity index (χ1v) is 5.18. The maximum absolute atomic E-state index is 4.13. The molecule has 76 valence electrons. The van der Waals surface area contributed by atoms with Crippen LogP contribution in [-0.2, 0) is 0 Å². The number of hydrogen-bond donors (Lipinski definition) is 2. The van der Waals surface area contributed by atoms with Crippen LogP contribution in [0.15, 0.2) is 18.6 Å². The van der Waals surface area contributed by atoms with Crippen LogP contribution < -0.4 is 10.6 Å². The van der Waals surface area contributed by atoms with Crippen molar-refractivity contribution in [3.05, 3.63) is 18.6 Å². The Morgan fingerprint density at radius 3 is 2.93 bits per heavy atom. The molecule has 1 aromatic rings. The lowest BCUT2D eigenvalue weighted by molar-refractivity contribution is 0.658. The monoisotopic (exact) mass is 192 g/mol. The third kappa shape index (κ3) is 3.30. The molecule has 2 rings (SSSR count). The highest BCUT2D eigenvalue weighted by Gasteiger charge is 2.19. The Labute approximate surface area is 84.2 Å². The number of anilines is 1. The molecule has 2 N–H and O–H groups in total. The quantitative estimate of drug-likeness (QED) is 0.661. The summed E-state index contributed by atoms with van der Waals surface area (Å²) in [5, 5.41) is 6.69. The molecule has 0 saturated heterocycles. The van der Waals surface area contributed by atoms with Crippen LogP contribution in [-0.4, -0.2) is 29.1 Å². The van der Waals surface area contributed by atoms with E-state index in [-0.39, 0.29) is 0 Å². The van der Waals surface area contributed by atoms with Crippen LogP contribution in [0.3, 0.4) is 0 Å². The van der Waals surface area contributed by atoms with Gasteiger partial charge in [0.05, 0.1) is 6.20 Å². The third-order valence-corrected chi connectivity index (χ3v) is 2.23. The Kier molecular flexibility index (Phi) is 3.29. The predicted molar refractivity (Wildman–Crippen MR) is 56.2 cm³/mol. The Morgan fingerprint density at radius 2 is 2.21 bits per heavy atom. The van der Waals surface area contributed by atoms with Gasteiger partial charge >= 0.3 is 0 Å². The topological polar surface area (TPSA) is 49.8 Å². The summed E-state index contributed by atoms with van der Waals surface area (Å²) in [4.78, 5) is 8.11. The number of rotatable bonds is 6. The molecule has 0 spiro atoms.